The number of hydrogen-bond acceptors (Lipinski definition) is 4. The summed E-state index contributed by atoms with van der Waals surface area (Å²) in [6.45, 7) is 4.81. The largest absolute Gasteiger partial charge is 0.319 e. The van der Waals surface area contributed by atoms with Crippen molar-refractivity contribution in [3.63, 3.8) is 0 Å². The van der Waals surface area contributed by atoms with E-state index in [4.69, 9.17) is 0 Å². The van der Waals surface area contributed by atoms with Crippen LogP contribution >= 0.6 is 0 Å². The molecule has 21 heavy (non-hydrogen) atoms. The van der Waals surface area contributed by atoms with Gasteiger partial charge in [0.15, 0.2) is 0 Å². The summed E-state index contributed by atoms with van der Waals surface area (Å²) in [4.78, 5) is 18.4. The van der Waals surface area contributed by atoms with E-state index in [-0.39, 0.29) is 17.6 Å². The van der Waals surface area contributed by atoms with E-state index in [9.17, 15) is 4.79 Å². The summed E-state index contributed by atoms with van der Waals surface area (Å²) in [7, 11) is 4.01. The fraction of sp³-hybridized carbons (Fsp3) is 0.400. The van der Waals surface area contributed by atoms with Gasteiger partial charge in [-0.15, -0.1) is 5.10 Å². The summed E-state index contributed by atoms with van der Waals surface area (Å²) >= 11 is 0. The number of nitrogens with one attached hydrogen (secondary N) is 2. The molecule has 2 aromatic rings. The van der Waals surface area contributed by atoms with Gasteiger partial charge in [-0.05, 0) is 31.8 Å². The van der Waals surface area contributed by atoms with Crippen LogP contribution < -0.4 is 5.32 Å². The van der Waals surface area contributed by atoms with Gasteiger partial charge in [-0.1, -0.05) is 26.0 Å². The van der Waals surface area contributed by atoms with Gasteiger partial charge in [0.25, 0.3) is 5.91 Å². The molecule has 2 rings (SSSR count). The van der Waals surface area contributed by atoms with Crippen LogP contribution in [-0.2, 0) is 6.54 Å². The highest BCUT2D eigenvalue weighted by molar-refractivity contribution is 6.01. The molecule has 0 bridgehead atoms. The molecule has 0 spiro atoms. The van der Waals surface area contributed by atoms with E-state index in [1.807, 2.05) is 52.2 Å². The van der Waals surface area contributed by atoms with Crippen LogP contribution in [0.1, 0.15) is 41.8 Å². The minimum Gasteiger partial charge on any atom is -0.319 e. The molecule has 0 aliphatic heterocycles. The molecule has 0 unspecified atom stereocenters. The van der Waals surface area contributed by atoms with E-state index in [0.717, 1.165) is 17.8 Å². The average Bonchev–Trinajstić information content (AvgIpc) is 2.88. The second-order valence-corrected chi connectivity index (χ2v) is 5.59. The topological polar surface area (TPSA) is 73.9 Å². The zero-order chi connectivity index (χ0) is 15.4. The molecule has 1 heterocycles. The number of rotatable bonds is 5. The maximum absolute atomic E-state index is 12.1. The maximum Gasteiger partial charge on any atom is 0.295 e. The third kappa shape index (κ3) is 4.13. The summed E-state index contributed by atoms with van der Waals surface area (Å²) in [6, 6.07) is 7.76. The fourth-order valence-electron chi connectivity index (χ4n) is 1.93. The van der Waals surface area contributed by atoms with Crippen LogP contribution in [0.4, 0.5) is 5.69 Å². The van der Waals surface area contributed by atoms with E-state index in [1.165, 1.54) is 0 Å². The molecule has 112 valence electrons. The number of benzene rings is 1. The van der Waals surface area contributed by atoms with E-state index >= 15 is 0 Å². The molecule has 0 saturated heterocycles. The summed E-state index contributed by atoms with van der Waals surface area (Å²) < 4.78 is 0. The Morgan fingerprint density at radius 2 is 2.14 bits per heavy atom. The van der Waals surface area contributed by atoms with Gasteiger partial charge >= 0.3 is 0 Å². The highest BCUT2D eigenvalue weighted by Gasteiger charge is 2.14. The summed E-state index contributed by atoms with van der Waals surface area (Å²) in [5.74, 6) is 0.779. The Labute approximate surface area is 124 Å². The molecule has 0 fully saturated rings. The summed E-state index contributed by atoms with van der Waals surface area (Å²) in [5, 5.41) is 9.55. The van der Waals surface area contributed by atoms with Gasteiger partial charge in [0.1, 0.15) is 5.82 Å². The van der Waals surface area contributed by atoms with Crippen molar-refractivity contribution in [3.8, 4) is 0 Å². The lowest BCUT2D eigenvalue weighted by Gasteiger charge is -2.11. The number of anilines is 1. The van der Waals surface area contributed by atoms with Crippen LogP contribution in [0.5, 0.6) is 0 Å². The smallest absolute Gasteiger partial charge is 0.295 e. The van der Waals surface area contributed by atoms with Crippen molar-refractivity contribution >= 4 is 11.6 Å². The number of aromatic amines is 1. The molecule has 0 saturated carbocycles. The molecule has 0 radical (unpaired) electrons. The monoisotopic (exact) mass is 287 g/mol. The van der Waals surface area contributed by atoms with E-state index in [1.54, 1.807) is 0 Å². The quantitative estimate of drug-likeness (QED) is 0.884. The number of amides is 1. The van der Waals surface area contributed by atoms with Gasteiger partial charge in [-0.3, -0.25) is 9.89 Å². The van der Waals surface area contributed by atoms with Crippen molar-refractivity contribution in [1.82, 2.24) is 20.1 Å². The predicted molar refractivity (Wildman–Crippen MR) is 82.3 cm³/mol. The second-order valence-electron chi connectivity index (χ2n) is 5.59. The lowest BCUT2D eigenvalue weighted by atomic mass is 10.2. The van der Waals surface area contributed by atoms with E-state index in [0.29, 0.717) is 5.82 Å². The SMILES string of the molecule is CC(C)c1nc(C(=O)Nc2cccc(CN(C)C)c2)n[nH]1. The molecular formula is C15H21N5O. The first-order chi connectivity index (χ1) is 9.95. The van der Waals surface area contributed by atoms with Crippen molar-refractivity contribution in [2.24, 2.45) is 0 Å². The van der Waals surface area contributed by atoms with Gasteiger partial charge in [0.2, 0.25) is 5.82 Å². The number of carbonyl (C=O) groups excluding carboxylic acids is 1. The molecule has 0 aliphatic carbocycles. The average molecular weight is 287 g/mol. The second kappa shape index (κ2) is 6.49. The van der Waals surface area contributed by atoms with Gasteiger partial charge < -0.3 is 10.2 Å². The lowest BCUT2D eigenvalue weighted by Crippen LogP contribution is -2.15. The first kappa shape index (κ1) is 15.2. The highest BCUT2D eigenvalue weighted by atomic mass is 16.2. The Balaban J connectivity index is 2.08. The summed E-state index contributed by atoms with van der Waals surface area (Å²) in [6.07, 6.45) is 0. The molecule has 6 nitrogen and oxygen atoms in total. The molecule has 1 aromatic heterocycles. The van der Waals surface area contributed by atoms with Crippen LogP contribution in [0.2, 0.25) is 0 Å². The van der Waals surface area contributed by atoms with Gasteiger partial charge in [0, 0.05) is 18.2 Å². The molecule has 6 heteroatoms. The molecule has 2 N–H and O–H groups in total. The number of H-pyrrole nitrogens is 1. The predicted octanol–water partition coefficient (Wildman–Crippen LogP) is 2.24. The van der Waals surface area contributed by atoms with Crippen molar-refractivity contribution in [2.75, 3.05) is 19.4 Å². The zero-order valence-electron chi connectivity index (χ0n) is 12.8. The van der Waals surface area contributed by atoms with Gasteiger partial charge in [-0.2, -0.15) is 0 Å². The van der Waals surface area contributed by atoms with E-state index < -0.39 is 0 Å². The first-order valence-electron chi connectivity index (χ1n) is 6.93. The minimum absolute atomic E-state index is 0.164. The standard InChI is InChI=1S/C15H21N5O/c1-10(2)13-17-14(19-18-13)15(21)16-12-7-5-6-11(8-12)9-20(3)4/h5-8,10H,9H2,1-4H3,(H,16,21)(H,17,18,19). The van der Waals surface area contributed by atoms with Crippen LogP contribution in [-0.4, -0.2) is 40.1 Å². The first-order valence-corrected chi connectivity index (χ1v) is 6.93. The van der Waals surface area contributed by atoms with E-state index in [2.05, 4.69) is 25.4 Å². The molecule has 0 aliphatic rings. The Morgan fingerprint density at radius 1 is 1.38 bits per heavy atom. The maximum atomic E-state index is 12.1. The van der Waals surface area contributed by atoms with Crippen molar-refractivity contribution in [2.45, 2.75) is 26.3 Å². The molecule has 1 amide bonds. The number of hydrogen-bond donors (Lipinski definition) is 2. The van der Waals surface area contributed by atoms with Crippen LogP contribution in [0.25, 0.3) is 0 Å². The third-order valence-electron chi connectivity index (χ3n) is 2.94. The number of nitrogens with zero attached hydrogens (tertiary/aromatic N) is 3. The molecule has 0 atom stereocenters. The van der Waals surface area contributed by atoms with Crippen LogP contribution in [0.3, 0.4) is 0 Å². The van der Waals surface area contributed by atoms with Gasteiger partial charge in [-0.25, -0.2) is 4.98 Å². The van der Waals surface area contributed by atoms with Crippen molar-refractivity contribution in [1.29, 1.82) is 0 Å². The third-order valence-corrected chi connectivity index (χ3v) is 2.94. The Morgan fingerprint density at radius 3 is 2.76 bits per heavy atom. The number of aromatic nitrogens is 3. The Bertz CT molecular complexity index is 618. The van der Waals surface area contributed by atoms with Crippen LogP contribution in [0.15, 0.2) is 24.3 Å². The highest BCUT2D eigenvalue weighted by Crippen LogP contribution is 2.13. The lowest BCUT2D eigenvalue weighted by molar-refractivity contribution is 0.101. The fourth-order valence-corrected chi connectivity index (χ4v) is 1.93. The minimum atomic E-state index is -0.305. The molecule has 1 aromatic carbocycles. The number of carbonyl (C=O) groups is 1. The van der Waals surface area contributed by atoms with Gasteiger partial charge in [0.05, 0.1) is 0 Å². The Hall–Kier alpha value is -2.21. The summed E-state index contributed by atoms with van der Waals surface area (Å²) in [5.41, 5.74) is 1.88. The zero-order valence-corrected chi connectivity index (χ0v) is 12.8. The van der Waals surface area contributed by atoms with Crippen molar-refractivity contribution < 1.29 is 4.79 Å². The molecular weight excluding hydrogens is 266 g/mol. The normalized spacial score (nSPS) is 11.1. The van der Waals surface area contributed by atoms with Crippen molar-refractivity contribution in [3.05, 3.63) is 41.5 Å². The van der Waals surface area contributed by atoms with Crippen LogP contribution in [0, 0.1) is 0 Å². The Kier molecular flexibility index (Phi) is 4.70.